The van der Waals surface area contributed by atoms with Crippen molar-refractivity contribution >= 4 is 11.6 Å². The number of fused-ring (bicyclic) bond motifs is 1. The number of morpholine rings is 1. The molecule has 130 valence electrons. The third-order valence-corrected chi connectivity index (χ3v) is 5.20. The van der Waals surface area contributed by atoms with E-state index in [1.165, 1.54) is 5.56 Å². The Morgan fingerprint density at radius 1 is 0.920 bits per heavy atom. The van der Waals surface area contributed by atoms with Gasteiger partial charge in [-0.2, -0.15) is 0 Å². The van der Waals surface area contributed by atoms with Crippen LogP contribution in [0.1, 0.15) is 18.4 Å². The van der Waals surface area contributed by atoms with E-state index >= 15 is 0 Å². The zero-order valence-electron chi connectivity index (χ0n) is 14.4. The molecule has 4 nitrogen and oxygen atoms in total. The molecule has 2 heterocycles. The van der Waals surface area contributed by atoms with Crippen molar-refractivity contribution in [1.82, 2.24) is 4.90 Å². The SMILES string of the molecule is O=C1CO[C@H]2CCN(Cc3ccccc3)CC[C@@H]2N1c1ccccc1. The molecule has 2 aromatic rings. The second kappa shape index (κ2) is 7.38. The summed E-state index contributed by atoms with van der Waals surface area (Å²) in [5.41, 5.74) is 2.33. The van der Waals surface area contributed by atoms with E-state index in [1.54, 1.807) is 0 Å². The van der Waals surface area contributed by atoms with Crippen molar-refractivity contribution in [3.8, 4) is 0 Å². The van der Waals surface area contributed by atoms with Gasteiger partial charge in [0.25, 0.3) is 5.91 Å². The van der Waals surface area contributed by atoms with Gasteiger partial charge in [0.15, 0.2) is 0 Å². The van der Waals surface area contributed by atoms with Crippen LogP contribution < -0.4 is 4.90 Å². The number of benzene rings is 2. The average molecular weight is 336 g/mol. The van der Waals surface area contributed by atoms with Crippen molar-refractivity contribution in [3.63, 3.8) is 0 Å². The molecular weight excluding hydrogens is 312 g/mol. The van der Waals surface area contributed by atoms with Crippen LogP contribution in [0.4, 0.5) is 5.69 Å². The van der Waals surface area contributed by atoms with Gasteiger partial charge < -0.3 is 9.64 Å². The molecule has 0 unspecified atom stereocenters. The molecule has 0 aromatic heterocycles. The molecular formula is C21H24N2O2. The van der Waals surface area contributed by atoms with Gasteiger partial charge in [-0.3, -0.25) is 9.69 Å². The highest BCUT2D eigenvalue weighted by Crippen LogP contribution is 2.29. The maximum absolute atomic E-state index is 12.5. The van der Waals surface area contributed by atoms with E-state index < -0.39 is 0 Å². The Labute approximate surface area is 149 Å². The summed E-state index contributed by atoms with van der Waals surface area (Å²) in [5, 5.41) is 0. The van der Waals surface area contributed by atoms with E-state index in [-0.39, 0.29) is 24.7 Å². The summed E-state index contributed by atoms with van der Waals surface area (Å²) in [7, 11) is 0. The van der Waals surface area contributed by atoms with Gasteiger partial charge in [0.05, 0.1) is 12.1 Å². The average Bonchev–Trinajstić information content (AvgIpc) is 2.86. The fourth-order valence-electron chi connectivity index (χ4n) is 3.96. The molecule has 0 bridgehead atoms. The molecule has 25 heavy (non-hydrogen) atoms. The molecule has 4 rings (SSSR count). The first-order valence-corrected chi connectivity index (χ1v) is 9.06. The standard InChI is InChI=1S/C21H24N2O2/c24-21-16-25-20-12-14-22(15-17-7-3-1-4-8-17)13-11-19(20)23(21)18-9-5-2-6-10-18/h1-10,19-20H,11-16H2/t19-,20-/m0/s1. The van der Waals surface area contributed by atoms with Crippen LogP contribution in [-0.2, 0) is 16.1 Å². The summed E-state index contributed by atoms with van der Waals surface area (Å²) >= 11 is 0. The third-order valence-electron chi connectivity index (χ3n) is 5.20. The number of rotatable bonds is 3. The van der Waals surface area contributed by atoms with E-state index in [1.807, 2.05) is 35.2 Å². The predicted molar refractivity (Wildman–Crippen MR) is 98.4 cm³/mol. The zero-order valence-corrected chi connectivity index (χ0v) is 14.4. The van der Waals surface area contributed by atoms with Crippen LogP contribution in [0.3, 0.4) is 0 Å². The summed E-state index contributed by atoms with van der Waals surface area (Å²) in [4.78, 5) is 17.0. The Hall–Kier alpha value is -2.17. The molecule has 4 heteroatoms. The van der Waals surface area contributed by atoms with Gasteiger partial charge >= 0.3 is 0 Å². The first-order valence-electron chi connectivity index (χ1n) is 9.06. The van der Waals surface area contributed by atoms with E-state index in [0.717, 1.165) is 38.2 Å². The minimum Gasteiger partial charge on any atom is -0.366 e. The second-order valence-corrected chi connectivity index (χ2v) is 6.86. The summed E-state index contributed by atoms with van der Waals surface area (Å²) in [6, 6.07) is 20.7. The Bertz CT molecular complexity index is 704. The van der Waals surface area contributed by atoms with Crippen LogP contribution in [0.25, 0.3) is 0 Å². The molecule has 0 saturated carbocycles. The van der Waals surface area contributed by atoms with E-state index in [4.69, 9.17) is 4.74 Å². The maximum Gasteiger partial charge on any atom is 0.253 e. The van der Waals surface area contributed by atoms with Gasteiger partial charge in [-0.05, 0) is 30.5 Å². The summed E-state index contributed by atoms with van der Waals surface area (Å²) in [6.45, 7) is 3.14. The first-order chi connectivity index (χ1) is 12.3. The molecule has 0 N–H and O–H groups in total. The van der Waals surface area contributed by atoms with Gasteiger partial charge in [-0.25, -0.2) is 0 Å². The Balaban J connectivity index is 1.50. The quantitative estimate of drug-likeness (QED) is 0.863. The number of para-hydroxylation sites is 1. The van der Waals surface area contributed by atoms with Crippen LogP contribution >= 0.6 is 0 Å². The van der Waals surface area contributed by atoms with Crippen molar-refractivity contribution in [2.24, 2.45) is 0 Å². The lowest BCUT2D eigenvalue weighted by atomic mass is 10.0. The molecule has 0 radical (unpaired) electrons. The van der Waals surface area contributed by atoms with Crippen LogP contribution in [0, 0.1) is 0 Å². The number of anilines is 1. The van der Waals surface area contributed by atoms with Crippen molar-refractivity contribution in [3.05, 3.63) is 66.2 Å². The molecule has 0 spiro atoms. The monoisotopic (exact) mass is 336 g/mol. The van der Waals surface area contributed by atoms with E-state index in [9.17, 15) is 4.79 Å². The minimum atomic E-state index is 0.0731. The fourth-order valence-corrected chi connectivity index (χ4v) is 3.96. The largest absolute Gasteiger partial charge is 0.366 e. The van der Waals surface area contributed by atoms with Gasteiger partial charge in [0.1, 0.15) is 6.61 Å². The molecule has 2 atom stereocenters. The van der Waals surface area contributed by atoms with E-state index in [0.29, 0.717) is 0 Å². The van der Waals surface area contributed by atoms with Gasteiger partial charge in [0.2, 0.25) is 0 Å². The van der Waals surface area contributed by atoms with Crippen LogP contribution in [0.2, 0.25) is 0 Å². The van der Waals surface area contributed by atoms with Crippen molar-refractivity contribution in [2.75, 3.05) is 24.6 Å². The van der Waals surface area contributed by atoms with Crippen molar-refractivity contribution in [2.45, 2.75) is 31.5 Å². The van der Waals surface area contributed by atoms with Gasteiger partial charge in [0, 0.05) is 25.3 Å². The van der Waals surface area contributed by atoms with E-state index in [2.05, 4.69) is 35.2 Å². The van der Waals surface area contributed by atoms with Crippen LogP contribution in [0.15, 0.2) is 60.7 Å². The highest BCUT2D eigenvalue weighted by Gasteiger charge is 2.39. The topological polar surface area (TPSA) is 32.8 Å². The summed E-state index contributed by atoms with van der Waals surface area (Å²) in [6.07, 6.45) is 2.03. The molecule has 2 fully saturated rings. The lowest BCUT2D eigenvalue weighted by molar-refractivity contribution is -0.132. The van der Waals surface area contributed by atoms with Crippen molar-refractivity contribution in [1.29, 1.82) is 0 Å². The smallest absolute Gasteiger partial charge is 0.253 e. The number of ether oxygens (including phenoxy) is 1. The number of likely N-dealkylation sites (tertiary alicyclic amines) is 1. The highest BCUT2D eigenvalue weighted by atomic mass is 16.5. The molecule has 2 aliphatic rings. The molecule has 0 aliphatic carbocycles. The number of hydrogen-bond donors (Lipinski definition) is 0. The van der Waals surface area contributed by atoms with Crippen LogP contribution in [-0.4, -0.2) is 42.6 Å². The fraction of sp³-hybridized carbons (Fsp3) is 0.381. The maximum atomic E-state index is 12.5. The second-order valence-electron chi connectivity index (χ2n) is 6.86. The Morgan fingerprint density at radius 2 is 1.60 bits per heavy atom. The lowest BCUT2D eigenvalue weighted by Gasteiger charge is -2.40. The highest BCUT2D eigenvalue weighted by molar-refractivity contribution is 5.95. The first kappa shape index (κ1) is 16.3. The normalized spacial score (nSPS) is 24.6. The molecule has 2 aliphatic heterocycles. The van der Waals surface area contributed by atoms with Crippen LogP contribution in [0.5, 0.6) is 0 Å². The van der Waals surface area contributed by atoms with Crippen molar-refractivity contribution < 1.29 is 9.53 Å². The Morgan fingerprint density at radius 3 is 2.36 bits per heavy atom. The summed E-state index contributed by atoms with van der Waals surface area (Å²) in [5.74, 6) is 0.0731. The Kier molecular flexibility index (Phi) is 4.81. The minimum absolute atomic E-state index is 0.0731. The number of hydrogen-bond acceptors (Lipinski definition) is 3. The summed E-state index contributed by atoms with van der Waals surface area (Å²) < 4.78 is 5.91. The number of nitrogens with zero attached hydrogens (tertiary/aromatic N) is 2. The molecule has 2 aromatic carbocycles. The number of carbonyl (C=O) groups excluding carboxylic acids is 1. The number of amides is 1. The number of carbonyl (C=O) groups is 1. The molecule has 1 amide bonds. The zero-order chi connectivity index (χ0) is 17.1. The third kappa shape index (κ3) is 3.60. The lowest BCUT2D eigenvalue weighted by Crippen LogP contribution is -2.54. The predicted octanol–water partition coefficient (Wildman–Crippen LogP) is 3.08. The van der Waals surface area contributed by atoms with Gasteiger partial charge in [-0.1, -0.05) is 48.5 Å². The molecule has 2 saturated heterocycles. The van der Waals surface area contributed by atoms with Gasteiger partial charge in [-0.15, -0.1) is 0 Å².